The van der Waals surface area contributed by atoms with Gasteiger partial charge < -0.3 is 4.74 Å². The highest BCUT2D eigenvalue weighted by Crippen LogP contribution is 2.25. The SMILES string of the molecule is CCC(C)(C)Oc1c(C#N)c(C)nn1C. The molecule has 0 aliphatic heterocycles. The van der Waals surface area contributed by atoms with Crippen LogP contribution in [0.2, 0.25) is 0 Å². The summed E-state index contributed by atoms with van der Waals surface area (Å²) >= 11 is 0. The van der Waals surface area contributed by atoms with Gasteiger partial charge in [0.05, 0.1) is 5.69 Å². The fraction of sp³-hybridized carbons (Fsp3) is 0.636. The first-order valence-electron chi connectivity index (χ1n) is 5.04. The molecule has 1 heterocycles. The van der Waals surface area contributed by atoms with E-state index >= 15 is 0 Å². The van der Waals surface area contributed by atoms with Crippen molar-refractivity contribution in [2.45, 2.75) is 39.7 Å². The Morgan fingerprint density at radius 1 is 1.53 bits per heavy atom. The molecule has 0 bridgehead atoms. The van der Waals surface area contributed by atoms with Crippen LogP contribution >= 0.6 is 0 Å². The van der Waals surface area contributed by atoms with Crippen molar-refractivity contribution >= 4 is 0 Å². The zero-order valence-electron chi connectivity index (χ0n) is 9.96. The van der Waals surface area contributed by atoms with Gasteiger partial charge in [-0.1, -0.05) is 6.92 Å². The molecule has 0 saturated carbocycles. The molecule has 0 N–H and O–H groups in total. The number of hydrogen-bond acceptors (Lipinski definition) is 3. The lowest BCUT2D eigenvalue weighted by molar-refractivity contribution is 0.0928. The van der Waals surface area contributed by atoms with Crippen LogP contribution < -0.4 is 4.74 Å². The highest BCUT2D eigenvalue weighted by Gasteiger charge is 2.23. The van der Waals surface area contributed by atoms with Crippen LogP contribution in [0.3, 0.4) is 0 Å². The fourth-order valence-electron chi connectivity index (χ4n) is 1.22. The van der Waals surface area contributed by atoms with Crippen LogP contribution in [0.5, 0.6) is 5.88 Å². The number of rotatable bonds is 3. The van der Waals surface area contributed by atoms with Crippen molar-refractivity contribution in [2.24, 2.45) is 7.05 Å². The van der Waals surface area contributed by atoms with Crippen LogP contribution in [0.1, 0.15) is 38.4 Å². The second kappa shape index (κ2) is 3.93. The molecule has 0 unspecified atom stereocenters. The first-order valence-corrected chi connectivity index (χ1v) is 5.04. The Balaban J connectivity index is 3.10. The molecule has 82 valence electrons. The van der Waals surface area contributed by atoms with Gasteiger partial charge in [0.1, 0.15) is 17.2 Å². The summed E-state index contributed by atoms with van der Waals surface area (Å²) in [6.45, 7) is 7.85. The van der Waals surface area contributed by atoms with Crippen molar-refractivity contribution in [3.05, 3.63) is 11.3 Å². The Morgan fingerprint density at radius 2 is 2.13 bits per heavy atom. The Morgan fingerprint density at radius 3 is 2.60 bits per heavy atom. The summed E-state index contributed by atoms with van der Waals surface area (Å²) in [5.41, 5.74) is 0.965. The average molecular weight is 207 g/mol. The van der Waals surface area contributed by atoms with Crippen LogP contribution in [-0.2, 0) is 7.05 Å². The van der Waals surface area contributed by atoms with E-state index in [0.717, 1.165) is 6.42 Å². The molecular weight excluding hydrogens is 190 g/mol. The molecule has 0 atom stereocenters. The summed E-state index contributed by atoms with van der Waals surface area (Å²) in [7, 11) is 1.79. The first-order chi connectivity index (χ1) is 6.91. The highest BCUT2D eigenvalue weighted by atomic mass is 16.5. The molecular formula is C11H17N3O. The lowest BCUT2D eigenvalue weighted by Gasteiger charge is -2.24. The first kappa shape index (κ1) is 11.6. The standard InChI is InChI=1S/C11H17N3O/c1-6-11(3,4)15-10-9(7-12)8(2)13-14(10)5/h6H2,1-5H3. The number of nitrogens with zero attached hydrogens (tertiary/aromatic N) is 3. The molecule has 1 rings (SSSR count). The fourth-order valence-corrected chi connectivity index (χ4v) is 1.22. The van der Waals surface area contributed by atoms with E-state index in [1.54, 1.807) is 11.7 Å². The van der Waals surface area contributed by atoms with Gasteiger partial charge in [-0.05, 0) is 27.2 Å². The van der Waals surface area contributed by atoms with Crippen LogP contribution in [-0.4, -0.2) is 15.4 Å². The largest absolute Gasteiger partial charge is 0.471 e. The number of aryl methyl sites for hydroxylation is 2. The Labute approximate surface area is 90.5 Å². The molecule has 0 amide bonds. The smallest absolute Gasteiger partial charge is 0.230 e. The third kappa shape index (κ3) is 2.30. The molecule has 15 heavy (non-hydrogen) atoms. The average Bonchev–Trinajstić information content (AvgIpc) is 2.41. The van der Waals surface area contributed by atoms with Gasteiger partial charge in [0.25, 0.3) is 0 Å². The lowest BCUT2D eigenvalue weighted by atomic mass is 10.1. The Hall–Kier alpha value is -1.50. The van der Waals surface area contributed by atoms with Gasteiger partial charge in [-0.2, -0.15) is 10.4 Å². The topological polar surface area (TPSA) is 50.8 Å². The third-order valence-corrected chi connectivity index (χ3v) is 2.51. The van der Waals surface area contributed by atoms with E-state index in [-0.39, 0.29) is 5.60 Å². The summed E-state index contributed by atoms with van der Waals surface area (Å²) < 4.78 is 7.42. The summed E-state index contributed by atoms with van der Waals surface area (Å²) in [6.07, 6.45) is 0.877. The number of hydrogen-bond donors (Lipinski definition) is 0. The maximum Gasteiger partial charge on any atom is 0.230 e. The van der Waals surface area contributed by atoms with Crippen LogP contribution in [0.15, 0.2) is 0 Å². The maximum absolute atomic E-state index is 9.00. The van der Waals surface area contributed by atoms with Crippen LogP contribution in [0.25, 0.3) is 0 Å². The van der Waals surface area contributed by atoms with Crippen molar-refractivity contribution in [3.63, 3.8) is 0 Å². The van der Waals surface area contributed by atoms with Gasteiger partial charge in [-0.25, -0.2) is 4.68 Å². The number of nitriles is 1. The molecule has 1 aromatic heterocycles. The molecule has 0 spiro atoms. The van der Waals surface area contributed by atoms with Crippen molar-refractivity contribution in [1.29, 1.82) is 5.26 Å². The molecule has 1 aromatic rings. The molecule has 0 radical (unpaired) electrons. The minimum Gasteiger partial charge on any atom is -0.471 e. The van der Waals surface area contributed by atoms with E-state index in [2.05, 4.69) is 18.1 Å². The van der Waals surface area contributed by atoms with Gasteiger partial charge in [-0.15, -0.1) is 0 Å². The van der Waals surface area contributed by atoms with Crippen molar-refractivity contribution in [3.8, 4) is 11.9 Å². The zero-order chi connectivity index (χ0) is 11.6. The van der Waals surface area contributed by atoms with Crippen molar-refractivity contribution in [2.75, 3.05) is 0 Å². The van der Waals surface area contributed by atoms with Gasteiger partial charge >= 0.3 is 0 Å². The highest BCUT2D eigenvalue weighted by molar-refractivity contribution is 5.42. The van der Waals surface area contributed by atoms with E-state index in [0.29, 0.717) is 17.1 Å². The predicted octanol–water partition coefficient (Wildman–Crippen LogP) is 2.17. The van der Waals surface area contributed by atoms with E-state index in [9.17, 15) is 0 Å². The molecule has 0 aliphatic carbocycles. The van der Waals surface area contributed by atoms with Crippen LogP contribution in [0, 0.1) is 18.3 Å². The summed E-state index contributed by atoms with van der Waals surface area (Å²) in [6, 6.07) is 2.12. The van der Waals surface area contributed by atoms with E-state index in [4.69, 9.17) is 10.00 Å². The number of aromatic nitrogens is 2. The van der Waals surface area contributed by atoms with E-state index in [1.807, 2.05) is 20.8 Å². The number of ether oxygens (including phenoxy) is 1. The predicted molar refractivity (Wildman–Crippen MR) is 57.7 cm³/mol. The molecule has 4 heteroatoms. The minimum atomic E-state index is -0.272. The van der Waals surface area contributed by atoms with E-state index < -0.39 is 0 Å². The minimum absolute atomic E-state index is 0.272. The van der Waals surface area contributed by atoms with Crippen molar-refractivity contribution < 1.29 is 4.74 Å². The van der Waals surface area contributed by atoms with Crippen molar-refractivity contribution in [1.82, 2.24) is 9.78 Å². The normalized spacial score (nSPS) is 11.2. The quantitative estimate of drug-likeness (QED) is 0.763. The maximum atomic E-state index is 9.00. The van der Waals surface area contributed by atoms with E-state index in [1.165, 1.54) is 0 Å². The zero-order valence-corrected chi connectivity index (χ0v) is 9.96. The monoisotopic (exact) mass is 207 g/mol. The van der Waals surface area contributed by atoms with Crippen LogP contribution in [0.4, 0.5) is 0 Å². The molecule has 0 aromatic carbocycles. The third-order valence-electron chi connectivity index (χ3n) is 2.51. The molecule has 4 nitrogen and oxygen atoms in total. The molecule has 0 aliphatic rings. The Kier molecular flexibility index (Phi) is 3.04. The molecule has 0 saturated heterocycles. The van der Waals surface area contributed by atoms with Gasteiger partial charge in [-0.3, -0.25) is 0 Å². The van der Waals surface area contributed by atoms with Gasteiger partial charge in [0, 0.05) is 7.05 Å². The summed E-state index contributed by atoms with van der Waals surface area (Å²) in [5.74, 6) is 0.557. The lowest BCUT2D eigenvalue weighted by Crippen LogP contribution is -2.28. The second-order valence-electron chi connectivity index (χ2n) is 4.22. The Bertz CT molecular complexity index is 399. The summed E-state index contributed by atoms with van der Waals surface area (Å²) in [4.78, 5) is 0. The molecule has 0 fully saturated rings. The summed E-state index contributed by atoms with van der Waals surface area (Å²) in [5, 5.41) is 13.2. The second-order valence-corrected chi connectivity index (χ2v) is 4.22. The van der Waals surface area contributed by atoms with Gasteiger partial charge in [0.15, 0.2) is 0 Å². The van der Waals surface area contributed by atoms with Gasteiger partial charge in [0.2, 0.25) is 5.88 Å².